The van der Waals surface area contributed by atoms with Crippen molar-refractivity contribution in [2.75, 3.05) is 5.43 Å². The smallest absolute Gasteiger partial charge is 0.271 e. The van der Waals surface area contributed by atoms with Crippen molar-refractivity contribution >= 4 is 27.5 Å². The van der Waals surface area contributed by atoms with E-state index in [4.69, 9.17) is 0 Å². The van der Waals surface area contributed by atoms with E-state index in [2.05, 4.69) is 15.5 Å². The van der Waals surface area contributed by atoms with E-state index in [0.717, 1.165) is 53.1 Å². The molecule has 3 heterocycles. The van der Waals surface area contributed by atoms with Crippen LogP contribution in [0.3, 0.4) is 0 Å². The molecule has 7 nitrogen and oxygen atoms in total. The van der Waals surface area contributed by atoms with E-state index in [9.17, 15) is 22.8 Å². The van der Waals surface area contributed by atoms with Crippen LogP contribution in [-0.4, -0.2) is 25.3 Å². The first-order valence-electron chi connectivity index (χ1n) is 10.6. The van der Waals surface area contributed by atoms with Crippen LogP contribution >= 0.6 is 11.3 Å². The van der Waals surface area contributed by atoms with Crippen LogP contribution in [0.15, 0.2) is 10.9 Å². The molecule has 4 rings (SSSR count). The first-order chi connectivity index (χ1) is 15.1. The van der Waals surface area contributed by atoms with E-state index in [1.54, 1.807) is 6.92 Å². The predicted molar refractivity (Wildman–Crippen MR) is 116 cm³/mol. The molecule has 3 aromatic heterocycles. The summed E-state index contributed by atoms with van der Waals surface area (Å²) in [5, 5.41) is 4.06. The van der Waals surface area contributed by atoms with E-state index >= 15 is 0 Å². The van der Waals surface area contributed by atoms with Gasteiger partial charge in [-0.2, -0.15) is 18.3 Å². The fourth-order valence-electron chi connectivity index (χ4n) is 4.12. The number of aromatic nitrogens is 4. The van der Waals surface area contributed by atoms with Crippen LogP contribution in [0.4, 0.5) is 13.2 Å². The molecule has 1 aliphatic carbocycles. The number of carbonyl (C=O) groups excluding carboxylic acids is 1. The zero-order valence-electron chi connectivity index (χ0n) is 18.0. The Hall–Kier alpha value is -2.69. The first-order valence-corrected chi connectivity index (χ1v) is 11.4. The summed E-state index contributed by atoms with van der Waals surface area (Å²) in [5.41, 5.74) is 2.31. The van der Waals surface area contributed by atoms with Gasteiger partial charge in [0.1, 0.15) is 16.7 Å². The summed E-state index contributed by atoms with van der Waals surface area (Å²) in [6.07, 6.45) is 1.46. The second-order valence-electron chi connectivity index (χ2n) is 8.16. The fourth-order valence-corrected chi connectivity index (χ4v) is 5.42. The number of hydrogen-bond acceptors (Lipinski definition) is 5. The Bertz CT molecular complexity index is 1240. The minimum Gasteiger partial charge on any atom is -0.271 e. The third-order valence-electron chi connectivity index (χ3n) is 5.84. The minimum absolute atomic E-state index is 0.192. The Morgan fingerprint density at radius 1 is 1.19 bits per heavy atom. The fraction of sp³-hybridized carbons (Fsp3) is 0.524. The molecule has 1 N–H and O–H groups in total. The molecule has 0 saturated heterocycles. The molecule has 0 bridgehead atoms. The highest BCUT2D eigenvalue weighted by Crippen LogP contribution is 2.33. The lowest BCUT2D eigenvalue weighted by Crippen LogP contribution is -2.39. The maximum absolute atomic E-state index is 13.3. The quantitative estimate of drug-likeness (QED) is 0.623. The maximum atomic E-state index is 13.3. The Morgan fingerprint density at radius 3 is 2.53 bits per heavy atom. The number of nitrogens with zero attached hydrogens (tertiary/aromatic N) is 4. The van der Waals surface area contributed by atoms with Crippen LogP contribution in [0, 0.1) is 13.8 Å². The average Bonchev–Trinajstić information content (AvgIpc) is 3.24. The second kappa shape index (κ2) is 8.34. The van der Waals surface area contributed by atoms with Crippen molar-refractivity contribution < 1.29 is 18.0 Å². The molecule has 1 amide bonds. The molecule has 3 aromatic rings. The topological polar surface area (TPSA) is 81.8 Å². The highest BCUT2D eigenvalue weighted by Gasteiger charge is 2.35. The Kier molecular flexibility index (Phi) is 5.87. The molecular weight excluding hydrogens is 443 g/mol. The number of rotatable bonds is 3. The van der Waals surface area contributed by atoms with Crippen LogP contribution in [0.1, 0.15) is 66.3 Å². The van der Waals surface area contributed by atoms with Gasteiger partial charge in [-0.3, -0.25) is 19.7 Å². The molecule has 0 radical (unpaired) electrons. The third kappa shape index (κ3) is 4.05. The molecule has 0 unspecified atom stereocenters. The number of halogens is 3. The van der Waals surface area contributed by atoms with Crippen molar-refractivity contribution in [1.29, 1.82) is 0 Å². The van der Waals surface area contributed by atoms with Crippen LogP contribution in [0.5, 0.6) is 0 Å². The second-order valence-corrected chi connectivity index (χ2v) is 9.25. The van der Waals surface area contributed by atoms with Crippen molar-refractivity contribution in [3.05, 3.63) is 44.1 Å². The number of thiophene rings is 1. The standard InChI is InChI=1S/C21H24F3N5O2S/c1-11-10-16(21(22,23)24)26-28(11)12(2)18(30)27-29-13(3)25-19-17(20(29)31)14-8-6-4-5-7-9-15(14)32-19/h10,12H,4-9H2,1-3H3,(H,27,30)/t12-/m1/s1. The van der Waals surface area contributed by atoms with Crippen molar-refractivity contribution in [2.24, 2.45) is 0 Å². The zero-order chi connectivity index (χ0) is 23.2. The lowest BCUT2D eigenvalue weighted by Gasteiger charge is -2.17. The van der Waals surface area contributed by atoms with Crippen LogP contribution < -0.4 is 11.0 Å². The van der Waals surface area contributed by atoms with E-state index < -0.39 is 23.8 Å². The van der Waals surface area contributed by atoms with Crippen molar-refractivity contribution in [3.8, 4) is 0 Å². The molecule has 172 valence electrons. The van der Waals surface area contributed by atoms with Gasteiger partial charge < -0.3 is 0 Å². The largest absolute Gasteiger partial charge is 0.435 e. The first kappa shape index (κ1) is 22.5. The van der Waals surface area contributed by atoms with Crippen LogP contribution in [0.25, 0.3) is 10.2 Å². The van der Waals surface area contributed by atoms with Gasteiger partial charge in [-0.15, -0.1) is 11.3 Å². The molecule has 0 saturated carbocycles. The van der Waals surface area contributed by atoms with Crippen molar-refractivity contribution in [1.82, 2.24) is 19.4 Å². The molecule has 0 spiro atoms. The number of carbonyl (C=O) groups is 1. The predicted octanol–water partition coefficient (Wildman–Crippen LogP) is 4.28. The Morgan fingerprint density at radius 2 is 1.88 bits per heavy atom. The summed E-state index contributed by atoms with van der Waals surface area (Å²) in [4.78, 5) is 32.5. The number of fused-ring (bicyclic) bond motifs is 3. The number of alkyl halides is 3. The van der Waals surface area contributed by atoms with Crippen molar-refractivity contribution in [2.45, 2.75) is 71.5 Å². The van der Waals surface area contributed by atoms with Crippen LogP contribution in [-0.2, 0) is 23.8 Å². The van der Waals surface area contributed by atoms with E-state index in [1.165, 1.54) is 36.5 Å². The summed E-state index contributed by atoms with van der Waals surface area (Å²) in [7, 11) is 0. The van der Waals surface area contributed by atoms with Gasteiger partial charge in [0.05, 0.1) is 5.39 Å². The Labute approximate surface area is 186 Å². The maximum Gasteiger partial charge on any atom is 0.435 e. The van der Waals surface area contributed by atoms with Gasteiger partial charge in [-0.1, -0.05) is 12.8 Å². The summed E-state index contributed by atoms with van der Waals surface area (Å²) in [6, 6.07) is -0.172. The van der Waals surface area contributed by atoms with Gasteiger partial charge in [-0.05, 0) is 58.1 Å². The van der Waals surface area contributed by atoms with Gasteiger partial charge >= 0.3 is 6.18 Å². The van der Waals surface area contributed by atoms with Crippen LogP contribution in [0.2, 0.25) is 0 Å². The summed E-state index contributed by atoms with van der Waals surface area (Å²) in [6.45, 7) is 4.49. The Balaban J connectivity index is 1.68. The zero-order valence-corrected chi connectivity index (χ0v) is 18.9. The molecule has 0 aliphatic heterocycles. The minimum atomic E-state index is -4.61. The number of hydrogen-bond donors (Lipinski definition) is 1. The SMILES string of the molecule is Cc1cc(C(F)(F)F)nn1[C@H](C)C(=O)Nn1c(C)nc2sc3c(c2c1=O)CCCCCC3. The molecule has 11 heteroatoms. The van der Waals surface area contributed by atoms with Gasteiger partial charge in [0.15, 0.2) is 5.69 Å². The highest BCUT2D eigenvalue weighted by atomic mass is 32.1. The number of nitrogens with one attached hydrogen (secondary N) is 1. The monoisotopic (exact) mass is 467 g/mol. The molecule has 0 aromatic carbocycles. The third-order valence-corrected chi connectivity index (χ3v) is 7.02. The lowest BCUT2D eigenvalue weighted by atomic mass is 9.98. The van der Waals surface area contributed by atoms with Gasteiger partial charge in [-0.25, -0.2) is 9.66 Å². The van der Waals surface area contributed by atoms with E-state index in [0.29, 0.717) is 16.0 Å². The highest BCUT2D eigenvalue weighted by molar-refractivity contribution is 7.18. The molecular formula is C21H24F3N5O2S. The van der Waals surface area contributed by atoms with Gasteiger partial charge in [0, 0.05) is 10.6 Å². The summed E-state index contributed by atoms with van der Waals surface area (Å²) < 4.78 is 41.0. The summed E-state index contributed by atoms with van der Waals surface area (Å²) >= 11 is 1.53. The van der Waals surface area contributed by atoms with E-state index in [-0.39, 0.29) is 11.3 Å². The number of aryl methyl sites for hydroxylation is 4. The average molecular weight is 468 g/mol. The molecule has 0 fully saturated rings. The van der Waals surface area contributed by atoms with Crippen molar-refractivity contribution in [3.63, 3.8) is 0 Å². The number of amides is 1. The lowest BCUT2D eigenvalue weighted by molar-refractivity contribution is -0.141. The molecule has 1 aliphatic rings. The summed E-state index contributed by atoms with van der Waals surface area (Å²) in [5.74, 6) is -0.347. The molecule has 1 atom stereocenters. The molecule has 32 heavy (non-hydrogen) atoms. The van der Waals surface area contributed by atoms with Gasteiger partial charge in [0.2, 0.25) is 0 Å². The van der Waals surface area contributed by atoms with Gasteiger partial charge in [0.25, 0.3) is 11.5 Å². The van der Waals surface area contributed by atoms with E-state index in [1.807, 2.05) is 0 Å². The normalized spacial score (nSPS) is 15.8.